The molecule has 0 aromatic carbocycles. The van der Waals surface area contributed by atoms with Crippen LogP contribution >= 0.6 is 0 Å². The maximum atomic E-state index is 6.01. The fourth-order valence-electron chi connectivity index (χ4n) is 1.51. The van der Waals surface area contributed by atoms with E-state index in [-0.39, 0.29) is 6.04 Å². The van der Waals surface area contributed by atoms with Gasteiger partial charge < -0.3 is 10.2 Å². The first-order valence-corrected chi connectivity index (χ1v) is 4.97. The van der Waals surface area contributed by atoms with Gasteiger partial charge in [0, 0.05) is 12.6 Å². The molecular weight excluding hydrogens is 188 g/mol. The molecule has 0 fully saturated rings. The molecule has 2 heterocycles. The Morgan fingerprint density at radius 3 is 2.80 bits per heavy atom. The Labute approximate surface area is 88.9 Å². The van der Waals surface area contributed by atoms with E-state index in [1.54, 1.807) is 6.20 Å². The van der Waals surface area contributed by atoms with Crippen LogP contribution in [-0.4, -0.2) is 4.98 Å². The lowest BCUT2D eigenvalue weighted by molar-refractivity contribution is 0.464. The summed E-state index contributed by atoms with van der Waals surface area (Å²) in [6.07, 6.45) is 2.44. The van der Waals surface area contributed by atoms with E-state index in [1.165, 1.54) is 0 Å². The molecule has 0 saturated heterocycles. The Bertz CT molecular complexity index is 422. The molecule has 0 radical (unpaired) electrons. The SMILES string of the molecule is Cc1ccc(CC(N)c2ccccn2)o1. The number of nitrogens with zero attached hydrogens (tertiary/aromatic N) is 1. The molecule has 0 aliphatic carbocycles. The first-order chi connectivity index (χ1) is 7.25. The summed E-state index contributed by atoms with van der Waals surface area (Å²) in [4.78, 5) is 4.21. The van der Waals surface area contributed by atoms with Crippen molar-refractivity contribution in [1.29, 1.82) is 0 Å². The van der Waals surface area contributed by atoms with Gasteiger partial charge in [0.25, 0.3) is 0 Å². The lowest BCUT2D eigenvalue weighted by Crippen LogP contribution is -2.14. The van der Waals surface area contributed by atoms with Gasteiger partial charge >= 0.3 is 0 Å². The summed E-state index contributed by atoms with van der Waals surface area (Å²) in [6.45, 7) is 1.93. The molecule has 78 valence electrons. The van der Waals surface area contributed by atoms with Crippen molar-refractivity contribution in [3.8, 4) is 0 Å². The Morgan fingerprint density at radius 1 is 1.33 bits per heavy atom. The van der Waals surface area contributed by atoms with E-state index in [2.05, 4.69) is 4.98 Å². The smallest absolute Gasteiger partial charge is 0.106 e. The van der Waals surface area contributed by atoms with Gasteiger partial charge in [-0.05, 0) is 31.2 Å². The van der Waals surface area contributed by atoms with Crippen molar-refractivity contribution >= 4 is 0 Å². The van der Waals surface area contributed by atoms with Crippen LogP contribution in [0.1, 0.15) is 23.3 Å². The summed E-state index contributed by atoms with van der Waals surface area (Å²) in [7, 11) is 0. The van der Waals surface area contributed by atoms with Crippen molar-refractivity contribution in [2.24, 2.45) is 5.73 Å². The second-order valence-corrected chi connectivity index (χ2v) is 3.58. The van der Waals surface area contributed by atoms with Gasteiger partial charge in [0.1, 0.15) is 11.5 Å². The van der Waals surface area contributed by atoms with Crippen LogP contribution in [0.5, 0.6) is 0 Å². The van der Waals surface area contributed by atoms with Crippen LogP contribution in [-0.2, 0) is 6.42 Å². The Kier molecular flexibility index (Phi) is 2.83. The fourth-order valence-corrected chi connectivity index (χ4v) is 1.51. The highest BCUT2D eigenvalue weighted by atomic mass is 16.3. The van der Waals surface area contributed by atoms with Crippen molar-refractivity contribution in [2.45, 2.75) is 19.4 Å². The third kappa shape index (κ3) is 2.44. The number of pyridine rings is 1. The minimum absolute atomic E-state index is 0.100. The average molecular weight is 202 g/mol. The minimum Gasteiger partial charge on any atom is -0.466 e. The number of aryl methyl sites for hydroxylation is 1. The van der Waals surface area contributed by atoms with Gasteiger partial charge in [-0.2, -0.15) is 0 Å². The molecule has 0 spiro atoms. The van der Waals surface area contributed by atoms with Crippen molar-refractivity contribution in [2.75, 3.05) is 0 Å². The van der Waals surface area contributed by atoms with E-state index in [0.717, 1.165) is 17.2 Å². The van der Waals surface area contributed by atoms with Crippen LogP contribution in [0.4, 0.5) is 0 Å². The quantitative estimate of drug-likeness (QED) is 0.830. The second kappa shape index (κ2) is 4.28. The average Bonchev–Trinajstić information content (AvgIpc) is 2.65. The highest BCUT2D eigenvalue weighted by Crippen LogP contribution is 2.15. The maximum Gasteiger partial charge on any atom is 0.106 e. The van der Waals surface area contributed by atoms with Crippen LogP contribution in [0, 0.1) is 6.92 Å². The fraction of sp³-hybridized carbons (Fsp3) is 0.250. The van der Waals surface area contributed by atoms with Crippen molar-refractivity contribution in [3.63, 3.8) is 0 Å². The number of furan rings is 1. The molecule has 2 aromatic rings. The van der Waals surface area contributed by atoms with Gasteiger partial charge in [-0.25, -0.2) is 0 Å². The molecule has 0 amide bonds. The summed E-state index contributed by atoms with van der Waals surface area (Å²) >= 11 is 0. The number of hydrogen-bond acceptors (Lipinski definition) is 3. The lowest BCUT2D eigenvalue weighted by Gasteiger charge is -2.08. The maximum absolute atomic E-state index is 6.01. The van der Waals surface area contributed by atoms with Gasteiger partial charge in [-0.3, -0.25) is 4.98 Å². The molecule has 0 saturated carbocycles. The molecule has 2 aromatic heterocycles. The normalized spacial score (nSPS) is 12.7. The predicted octanol–water partition coefficient (Wildman–Crippen LogP) is 2.23. The molecular formula is C12H14N2O. The molecule has 3 heteroatoms. The van der Waals surface area contributed by atoms with Gasteiger partial charge in [-0.15, -0.1) is 0 Å². The van der Waals surface area contributed by atoms with Gasteiger partial charge in [0.2, 0.25) is 0 Å². The first kappa shape index (κ1) is 9.93. The van der Waals surface area contributed by atoms with Crippen molar-refractivity contribution < 1.29 is 4.42 Å². The standard InChI is InChI=1S/C12H14N2O/c1-9-5-6-10(15-9)8-11(13)12-4-2-3-7-14-12/h2-7,11H,8,13H2,1H3. The van der Waals surface area contributed by atoms with Gasteiger partial charge in [0.15, 0.2) is 0 Å². The monoisotopic (exact) mass is 202 g/mol. The third-order valence-electron chi connectivity index (χ3n) is 2.28. The van der Waals surface area contributed by atoms with Gasteiger partial charge in [0.05, 0.1) is 11.7 Å². The molecule has 0 aliphatic heterocycles. The number of nitrogens with two attached hydrogens (primary N) is 1. The first-order valence-electron chi connectivity index (χ1n) is 4.97. The Morgan fingerprint density at radius 2 is 2.20 bits per heavy atom. The summed E-state index contributed by atoms with van der Waals surface area (Å²) in [6, 6.07) is 9.55. The summed E-state index contributed by atoms with van der Waals surface area (Å²) in [5, 5.41) is 0. The van der Waals surface area contributed by atoms with Crippen molar-refractivity contribution in [3.05, 3.63) is 53.7 Å². The number of rotatable bonds is 3. The summed E-state index contributed by atoms with van der Waals surface area (Å²) in [5.74, 6) is 1.82. The predicted molar refractivity (Wildman–Crippen MR) is 58.3 cm³/mol. The Hall–Kier alpha value is -1.61. The number of hydrogen-bond donors (Lipinski definition) is 1. The van der Waals surface area contributed by atoms with E-state index >= 15 is 0 Å². The molecule has 15 heavy (non-hydrogen) atoms. The highest BCUT2D eigenvalue weighted by molar-refractivity contribution is 5.13. The zero-order valence-corrected chi connectivity index (χ0v) is 8.68. The van der Waals surface area contributed by atoms with E-state index in [4.69, 9.17) is 10.2 Å². The van der Waals surface area contributed by atoms with Crippen LogP contribution in [0.2, 0.25) is 0 Å². The molecule has 2 rings (SSSR count). The number of aromatic nitrogens is 1. The van der Waals surface area contributed by atoms with E-state index in [9.17, 15) is 0 Å². The van der Waals surface area contributed by atoms with E-state index < -0.39 is 0 Å². The zero-order valence-electron chi connectivity index (χ0n) is 8.68. The molecule has 3 nitrogen and oxygen atoms in total. The molecule has 0 bridgehead atoms. The van der Waals surface area contributed by atoms with Crippen LogP contribution in [0.25, 0.3) is 0 Å². The van der Waals surface area contributed by atoms with E-state index in [1.807, 2.05) is 37.3 Å². The van der Waals surface area contributed by atoms with Crippen LogP contribution < -0.4 is 5.73 Å². The molecule has 0 aliphatic rings. The van der Waals surface area contributed by atoms with Crippen molar-refractivity contribution in [1.82, 2.24) is 4.98 Å². The second-order valence-electron chi connectivity index (χ2n) is 3.58. The van der Waals surface area contributed by atoms with Crippen LogP contribution in [0.3, 0.4) is 0 Å². The van der Waals surface area contributed by atoms with E-state index in [0.29, 0.717) is 6.42 Å². The lowest BCUT2D eigenvalue weighted by atomic mass is 10.1. The van der Waals surface area contributed by atoms with Crippen LogP contribution in [0.15, 0.2) is 40.9 Å². The molecule has 1 atom stereocenters. The third-order valence-corrected chi connectivity index (χ3v) is 2.28. The summed E-state index contributed by atoms with van der Waals surface area (Å²) in [5.41, 5.74) is 6.91. The zero-order chi connectivity index (χ0) is 10.7. The largest absolute Gasteiger partial charge is 0.466 e. The highest BCUT2D eigenvalue weighted by Gasteiger charge is 2.09. The molecule has 2 N–H and O–H groups in total. The molecule has 1 unspecified atom stereocenters. The van der Waals surface area contributed by atoms with Gasteiger partial charge in [-0.1, -0.05) is 6.07 Å². The topological polar surface area (TPSA) is 52.0 Å². The summed E-state index contributed by atoms with van der Waals surface area (Å²) < 4.78 is 5.47. The Balaban J connectivity index is 2.07. The minimum atomic E-state index is -0.100.